The van der Waals surface area contributed by atoms with Gasteiger partial charge in [0.1, 0.15) is 0 Å². The summed E-state index contributed by atoms with van der Waals surface area (Å²) in [4.78, 5) is 7.30. The molecule has 0 spiro atoms. The highest BCUT2D eigenvalue weighted by molar-refractivity contribution is 14.0. The summed E-state index contributed by atoms with van der Waals surface area (Å²) in [6, 6.07) is 11.7. The number of hydrogen-bond donors (Lipinski definition) is 3. The van der Waals surface area contributed by atoms with Crippen molar-refractivity contribution in [2.45, 2.75) is 64.3 Å². The predicted octanol–water partition coefficient (Wildman–Crippen LogP) is 2.98. The molecule has 0 aromatic heterocycles. The summed E-state index contributed by atoms with van der Waals surface area (Å²) in [6.45, 7) is 8.01. The van der Waals surface area contributed by atoms with E-state index < -0.39 is 0 Å². The van der Waals surface area contributed by atoms with E-state index in [1.807, 2.05) is 0 Å². The van der Waals surface area contributed by atoms with Crippen molar-refractivity contribution in [3.63, 3.8) is 0 Å². The van der Waals surface area contributed by atoms with Crippen LogP contribution in [0.1, 0.15) is 45.1 Å². The first-order valence-electron chi connectivity index (χ1n) is 10.2. The molecule has 1 aromatic rings. The van der Waals surface area contributed by atoms with Gasteiger partial charge in [0.15, 0.2) is 5.96 Å². The van der Waals surface area contributed by atoms with Gasteiger partial charge in [-0.25, -0.2) is 0 Å². The standard InChI is InChI=1S/C21H34N4O.HI/c1-3-22-21(23-13-18-10-7-11-20(18)26)24-19-12-16(2)25(15-19)14-17-8-5-4-6-9-17;/h4-6,8-9,16,18-20,26H,3,7,10-15H2,1-2H3,(H2,22,23,24);1H. The highest BCUT2D eigenvalue weighted by Crippen LogP contribution is 2.25. The molecule has 152 valence electrons. The number of nitrogens with zero attached hydrogens (tertiary/aromatic N) is 2. The summed E-state index contributed by atoms with van der Waals surface area (Å²) < 4.78 is 0. The second-order valence-corrected chi connectivity index (χ2v) is 7.82. The lowest BCUT2D eigenvalue weighted by Gasteiger charge is -2.21. The maximum Gasteiger partial charge on any atom is 0.191 e. The first-order chi connectivity index (χ1) is 12.7. The van der Waals surface area contributed by atoms with Crippen LogP contribution in [0.3, 0.4) is 0 Å². The summed E-state index contributed by atoms with van der Waals surface area (Å²) in [7, 11) is 0. The average Bonchev–Trinajstić information content (AvgIpc) is 3.19. The van der Waals surface area contributed by atoms with Crippen molar-refractivity contribution in [3.8, 4) is 0 Å². The lowest BCUT2D eigenvalue weighted by atomic mass is 10.1. The molecule has 6 heteroatoms. The van der Waals surface area contributed by atoms with Gasteiger partial charge in [0.25, 0.3) is 0 Å². The topological polar surface area (TPSA) is 59.9 Å². The molecule has 3 N–H and O–H groups in total. The SMILES string of the molecule is CCNC(=NCC1CCCC1O)NC1CC(C)N(Cc2ccccc2)C1.I. The van der Waals surface area contributed by atoms with Gasteiger partial charge in [0.05, 0.1) is 6.10 Å². The second-order valence-electron chi connectivity index (χ2n) is 7.82. The fourth-order valence-corrected chi connectivity index (χ4v) is 4.19. The van der Waals surface area contributed by atoms with Crippen LogP contribution in [-0.2, 0) is 6.54 Å². The molecule has 1 aliphatic carbocycles. The minimum absolute atomic E-state index is 0. The normalized spacial score (nSPS) is 28.8. The summed E-state index contributed by atoms with van der Waals surface area (Å²) in [5, 5.41) is 17.0. The van der Waals surface area contributed by atoms with E-state index in [1.54, 1.807) is 0 Å². The molecule has 27 heavy (non-hydrogen) atoms. The number of likely N-dealkylation sites (tertiary alicyclic amines) is 1. The van der Waals surface area contributed by atoms with Gasteiger partial charge in [-0.05, 0) is 38.7 Å². The van der Waals surface area contributed by atoms with Crippen LogP contribution in [-0.4, -0.2) is 53.8 Å². The van der Waals surface area contributed by atoms with Crippen LogP contribution in [0.4, 0.5) is 0 Å². The minimum Gasteiger partial charge on any atom is -0.393 e. The van der Waals surface area contributed by atoms with Gasteiger partial charge >= 0.3 is 0 Å². The zero-order valence-electron chi connectivity index (χ0n) is 16.6. The molecule has 2 aliphatic rings. The lowest BCUT2D eigenvalue weighted by molar-refractivity contribution is 0.136. The quantitative estimate of drug-likeness (QED) is 0.329. The molecule has 1 saturated carbocycles. The van der Waals surface area contributed by atoms with Crippen molar-refractivity contribution in [2.24, 2.45) is 10.9 Å². The van der Waals surface area contributed by atoms with Crippen molar-refractivity contribution in [1.29, 1.82) is 0 Å². The zero-order valence-corrected chi connectivity index (χ0v) is 18.9. The number of halogens is 1. The van der Waals surface area contributed by atoms with Crippen LogP contribution < -0.4 is 10.6 Å². The minimum atomic E-state index is -0.172. The Kier molecular flexibility index (Phi) is 9.32. The number of rotatable bonds is 6. The van der Waals surface area contributed by atoms with Gasteiger partial charge in [-0.1, -0.05) is 36.8 Å². The number of aliphatic hydroxyl groups excluding tert-OH is 1. The lowest BCUT2D eigenvalue weighted by Crippen LogP contribution is -2.44. The average molecular weight is 486 g/mol. The van der Waals surface area contributed by atoms with E-state index in [2.05, 4.69) is 59.7 Å². The highest BCUT2D eigenvalue weighted by atomic mass is 127. The fraction of sp³-hybridized carbons (Fsp3) is 0.667. The van der Waals surface area contributed by atoms with Crippen LogP contribution in [0, 0.1) is 5.92 Å². The largest absolute Gasteiger partial charge is 0.393 e. The number of guanidine groups is 1. The number of hydrogen-bond acceptors (Lipinski definition) is 3. The molecule has 2 fully saturated rings. The second kappa shape index (κ2) is 11.2. The van der Waals surface area contributed by atoms with E-state index >= 15 is 0 Å². The Labute approximate surface area is 181 Å². The van der Waals surface area contributed by atoms with E-state index in [0.29, 0.717) is 24.5 Å². The van der Waals surface area contributed by atoms with E-state index in [9.17, 15) is 5.11 Å². The van der Waals surface area contributed by atoms with Gasteiger partial charge in [-0.15, -0.1) is 24.0 Å². The molecule has 1 heterocycles. The third-order valence-electron chi connectivity index (χ3n) is 5.72. The molecule has 3 rings (SSSR count). The molecule has 1 saturated heterocycles. The van der Waals surface area contributed by atoms with Gasteiger partial charge in [0.2, 0.25) is 0 Å². The maximum atomic E-state index is 10.0. The molecule has 4 atom stereocenters. The monoisotopic (exact) mass is 486 g/mol. The summed E-state index contributed by atoms with van der Waals surface area (Å²) in [5.41, 5.74) is 1.37. The fourth-order valence-electron chi connectivity index (χ4n) is 4.19. The molecule has 1 aliphatic heterocycles. The molecule has 1 aromatic carbocycles. The first kappa shape index (κ1) is 22.4. The molecule has 0 amide bonds. The first-order valence-corrected chi connectivity index (χ1v) is 10.2. The Balaban J connectivity index is 0.00000261. The van der Waals surface area contributed by atoms with Crippen molar-refractivity contribution in [3.05, 3.63) is 35.9 Å². The van der Waals surface area contributed by atoms with E-state index in [-0.39, 0.29) is 30.1 Å². The number of benzene rings is 1. The number of aliphatic imine (C=N–C) groups is 1. The van der Waals surface area contributed by atoms with Gasteiger partial charge in [0, 0.05) is 44.2 Å². The van der Waals surface area contributed by atoms with Crippen LogP contribution >= 0.6 is 24.0 Å². The van der Waals surface area contributed by atoms with Crippen LogP contribution in [0.2, 0.25) is 0 Å². The smallest absolute Gasteiger partial charge is 0.191 e. The number of aliphatic hydroxyl groups is 1. The molecule has 0 bridgehead atoms. The van der Waals surface area contributed by atoms with Crippen LogP contribution in [0.15, 0.2) is 35.3 Å². The highest BCUT2D eigenvalue weighted by Gasteiger charge is 2.30. The van der Waals surface area contributed by atoms with Crippen molar-refractivity contribution in [2.75, 3.05) is 19.6 Å². The third kappa shape index (κ3) is 6.61. The zero-order chi connectivity index (χ0) is 18.4. The maximum absolute atomic E-state index is 10.0. The van der Waals surface area contributed by atoms with Crippen LogP contribution in [0.5, 0.6) is 0 Å². The summed E-state index contributed by atoms with van der Waals surface area (Å²) in [6.07, 6.45) is 4.10. The van der Waals surface area contributed by atoms with Crippen molar-refractivity contribution < 1.29 is 5.11 Å². The number of nitrogens with one attached hydrogen (secondary N) is 2. The Morgan fingerprint density at radius 2 is 2.04 bits per heavy atom. The Morgan fingerprint density at radius 1 is 1.26 bits per heavy atom. The van der Waals surface area contributed by atoms with Gasteiger partial charge in [-0.3, -0.25) is 9.89 Å². The Morgan fingerprint density at radius 3 is 2.70 bits per heavy atom. The van der Waals surface area contributed by atoms with Crippen LogP contribution in [0.25, 0.3) is 0 Å². The summed E-state index contributed by atoms with van der Waals surface area (Å²) >= 11 is 0. The van der Waals surface area contributed by atoms with E-state index in [0.717, 1.165) is 51.3 Å². The Bertz CT molecular complexity index is 583. The van der Waals surface area contributed by atoms with Gasteiger partial charge < -0.3 is 15.7 Å². The molecule has 5 nitrogen and oxygen atoms in total. The molecule has 0 radical (unpaired) electrons. The van der Waals surface area contributed by atoms with Crippen molar-refractivity contribution in [1.82, 2.24) is 15.5 Å². The summed E-state index contributed by atoms with van der Waals surface area (Å²) in [5.74, 6) is 1.22. The predicted molar refractivity (Wildman–Crippen MR) is 123 cm³/mol. The molecular formula is C21H35IN4O. The van der Waals surface area contributed by atoms with Gasteiger partial charge in [-0.2, -0.15) is 0 Å². The Hall–Kier alpha value is -0.860. The van der Waals surface area contributed by atoms with Crippen molar-refractivity contribution >= 4 is 29.9 Å². The third-order valence-corrected chi connectivity index (χ3v) is 5.72. The van der Waals surface area contributed by atoms with E-state index in [1.165, 1.54) is 5.56 Å². The molecular weight excluding hydrogens is 451 g/mol. The van der Waals surface area contributed by atoms with E-state index in [4.69, 9.17) is 4.99 Å². The molecule has 4 unspecified atom stereocenters.